The van der Waals surface area contributed by atoms with Crippen molar-refractivity contribution in [1.82, 2.24) is 4.98 Å². The summed E-state index contributed by atoms with van der Waals surface area (Å²) in [6, 6.07) is 12.4. The first-order chi connectivity index (χ1) is 13.4. The van der Waals surface area contributed by atoms with E-state index >= 15 is 0 Å². The van der Waals surface area contributed by atoms with Crippen molar-refractivity contribution in [2.45, 2.75) is 53.9 Å². The van der Waals surface area contributed by atoms with Crippen molar-refractivity contribution in [3.63, 3.8) is 0 Å². The molecule has 2 aromatic carbocycles. The van der Waals surface area contributed by atoms with Crippen LogP contribution in [0.2, 0.25) is 0 Å². The summed E-state index contributed by atoms with van der Waals surface area (Å²) in [6.07, 6.45) is 3.06. The maximum absolute atomic E-state index is 13.1. The molecule has 0 aliphatic heterocycles. The van der Waals surface area contributed by atoms with Gasteiger partial charge >= 0.3 is 5.97 Å². The average Bonchev–Trinajstić information content (AvgIpc) is 2.65. The quantitative estimate of drug-likeness (QED) is 0.365. The number of fused-ring (bicyclic) bond motifs is 1. The predicted molar refractivity (Wildman–Crippen MR) is 116 cm³/mol. The molecule has 3 rings (SSSR count). The van der Waals surface area contributed by atoms with Crippen LogP contribution in [0.15, 0.2) is 36.4 Å². The molecule has 0 aliphatic rings. The topological polar surface area (TPSA) is 39.2 Å². The zero-order chi connectivity index (χ0) is 20.3. The molecular weight excluding hydrogens is 346 g/mol. The first kappa shape index (κ1) is 20.1. The van der Waals surface area contributed by atoms with Crippen LogP contribution in [-0.2, 0) is 4.74 Å². The van der Waals surface area contributed by atoms with E-state index in [1.807, 2.05) is 26.8 Å². The van der Waals surface area contributed by atoms with Crippen LogP contribution in [0, 0.1) is 27.7 Å². The minimum absolute atomic E-state index is 0.251. The second-order valence-electron chi connectivity index (χ2n) is 7.65. The van der Waals surface area contributed by atoms with Crippen molar-refractivity contribution >= 4 is 16.9 Å². The van der Waals surface area contributed by atoms with Crippen LogP contribution in [0.5, 0.6) is 0 Å². The van der Waals surface area contributed by atoms with Gasteiger partial charge in [-0.1, -0.05) is 61.2 Å². The summed E-state index contributed by atoms with van der Waals surface area (Å²) in [5.41, 5.74) is 7.64. The van der Waals surface area contributed by atoms with Crippen LogP contribution in [0.1, 0.15) is 58.8 Å². The Labute approximate surface area is 167 Å². The zero-order valence-electron chi connectivity index (χ0n) is 17.6. The summed E-state index contributed by atoms with van der Waals surface area (Å²) >= 11 is 0. The monoisotopic (exact) mass is 375 g/mol. The van der Waals surface area contributed by atoms with E-state index in [-0.39, 0.29) is 5.97 Å². The summed E-state index contributed by atoms with van der Waals surface area (Å²) in [5, 5.41) is 0.881. The molecule has 0 N–H and O–H groups in total. The Balaban J connectivity index is 2.17. The minimum atomic E-state index is -0.251. The summed E-state index contributed by atoms with van der Waals surface area (Å²) in [4.78, 5) is 18.0. The molecule has 146 valence electrons. The molecule has 1 heterocycles. The highest BCUT2D eigenvalue weighted by molar-refractivity contribution is 6.07. The van der Waals surface area contributed by atoms with Crippen LogP contribution in [0.4, 0.5) is 0 Å². The smallest absolute Gasteiger partial charge is 0.339 e. The van der Waals surface area contributed by atoms with E-state index in [1.165, 1.54) is 5.56 Å². The molecule has 0 saturated heterocycles. The van der Waals surface area contributed by atoms with Gasteiger partial charge in [0.1, 0.15) is 0 Å². The fourth-order valence-electron chi connectivity index (χ4n) is 3.66. The molecule has 0 radical (unpaired) electrons. The number of carbonyl (C=O) groups excluding carboxylic acids is 1. The van der Waals surface area contributed by atoms with Crippen LogP contribution in [0.3, 0.4) is 0 Å². The minimum Gasteiger partial charge on any atom is -0.462 e. The van der Waals surface area contributed by atoms with Crippen molar-refractivity contribution in [2.24, 2.45) is 0 Å². The van der Waals surface area contributed by atoms with Crippen LogP contribution >= 0.6 is 0 Å². The van der Waals surface area contributed by atoms with Gasteiger partial charge in [-0.25, -0.2) is 9.78 Å². The second-order valence-corrected chi connectivity index (χ2v) is 7.65. The van der Waals surface area contributed by atoms with Gasteiger partial charge in [-0.05, 0) is 51.3 Å². The summed E-state index contributed by atoms with van der Waals surface area (Å²) in [7, 11) is 0. The standard InChI is InChI=1S/C25H29NO2/c1-6-7-8-13-28-25(27)22-19(5)24(20-11-9-16(2)10-12-20)26-23-18(4)14-17(3)15-21(22)23/h9-12,14-15H,6-8,13H2,1-5H3. The van der Waals surface area contributed by atoms with E-state index in [4.69, 9.17) is 9.72 Å². The lowest BCUT2D eigenvalue weighted by molar-refractivity contribution is 0.0499. The van der Waals surface area contributed by atoms with Gasteiger partial charge in [-0.3, -0.25) is 0 Å². The van der Waals surface area contributed by atoms with E-state index < -0.39 is 0 Å². The van der Waals surface area contributed by atoms with Crippen molar-refractivity contribution in [2.75, 3.05) is 6.61 Å². The van der Waals surface area contributed by atoms with Crippen molar-refractivity contribution < 1.29 is 9.53 Å². The Bertz CT molecular complexity index is 1000. The predicted octanol–water partition coefficient (Wildman–Crippen LogP) is 6.48. The van der Waals surface area contributed by atoms with Gasteiger partial charge in [0.15, 0.2) is 0 Å². The molecule has 0 atom stereocenters. The highest BCUT2D eigenvalue weighted by Crippen LogP contribution is 2.32. The lowest BCUT2D eigenvalue weighted by Gasteiger charge is -2.16. The molecule has 0 saturated carbocycles. The number of aromatic nitrogens is 1. The number of esters is 1. The van der Waals surface area contributed by atoms with E-state index in [0.29, 0.717) is 12.2 Å². The number of carbonyl (C=O) groups is 1. The number of ether oxygens (including phenoxy) is 1. The fourth-order valence-corrected chi connectivity index (χ4v) is 3.66. The van der Waals surface area contributed by atoms with Gasteiger partial charge in [-0.2, -0.15) is 0 Å². The Morgan fingerprint density at radius 2 is 1.68 bits per heavy atom. The molecule has 3 nitrogen and oxygen atoms in total. The van der Waals surface area contributed by atoms with E-state index in [2.05, 4.69) is 44.2 Å². The third-order valence-electron chi connectivity index (χ3n) is 5.18. The number of aryl methyl sites for hydroxylation is 3. The van der Waals surface area contributed by atoms with E-state index in [0.717, 1.165) is 58.1 Å². The van der Waals surface area contributed by atoms with Crippen LogP contribution < -0.4 is 0 Å². The van der Waals surface area contributed by atoms with Gasteiger partial charge in [0, 0.05) is 10.9 Å². The fraction of sp³-hybridized carbons (Fsp3) is 0.360. The van der Waals surface area contributed by atoms with Crippen molar-refractivity contribution in [1.29, 1.82) is 0 Å². The highest BCUT2D eigenvalue weighted by atomic mass is 16.5. The third-order valence-corrected chi connectivity index (χ3v) is 5.18. The largest absolute Gasteiger partial charge is 0.462 e. The Hall–Kier alpha value is -2.68. The maximum atomic E-state index is 13.1. The number of hydrogen-bond donors (Lipinski definition) is 0. The summed E-state index contributed by atoms with van der Waals surface area (Å²) in [5.74, 6) is -0.251. The van der Waals surface area contributed by atoms with Gasteiger partial charge in [0.05, 0.1) is 23.4 Å². The number of nitrogens with zero attached hydrogens (tertiary/aromatic N) is 1. The molecule has 3 heteroatoms. The number of pyridine rings is 1. The number of hydrogen-bond acceptors (Lipinski definition) is 3. The number of benzene rings is 2. The molecule has 3 aromatic rings. The lowest BCUT2D eigenvalue weighted by atomic mass is 9.95. The molecule has 1 aromatic heterocycles. The highest BCUT2D eigenvalue weighted by Gasteiger charge is 2.21. The van der Waals surface area contributed by atoms with E-state index in [1.54, 1.807) is 0 Å². The normalized spacial score (nSPS) is 11.0. The van der Waals surface area contributed by atoms with Crippen LogP contribution in [0.25, 0.3) is 22.2 Å². The number of unbranched alkanes of at least 4 members (excludes halogenated alkanes) is 2. The molecule has 0 amide bonds. The molecule has 0 spiro atoms. The maximum Gasteiger partial charge on any atom is 0.339 e. The molecule has 0 unspecified atom stereocenters. The lowest BCUT2D eigenvalue weighted by Crippen LogP contribution is -2.11. The van der Waals surface area contributed by atoms with Crippen molar-refractivity contribution in [3.8, 4) is 11.3 Å². The second kappa shape index (κ2) is 8.55. The van der Waals surface area contributed by atoms with Gasteiger partial charge < -0.3 is 4.74 Å². The average molecular weight is 376 g/mol. The molecule has 0 aliphatic carbocycles. The van der Waals surface area contributed by atoms with E-state index in [9.17, 15) is 4.79 Å². The van der Waals surface area contributed by atoms with Crippen LogP contribution in [-0.4, -0.2) is 17.6 Å². The summed E-state index contributed by atoms with van der Waals surface area (Å²) < 4.78 is 5.64. The third kappa shape index (κ3) is 4.09. The molecule has 0 bridgehead atoms. The Morgan fingerprint density at radius 1 is 0.964 bits per heavy atom. The Kier molecular flexibility index (Phi) is 6.13. The molecule has 28 heavy (non-hydrogen) atoms. The first-order valence-electron chi connectivity index (χ1n) is 10.1. The van der Waals surface area contributed by atoms with Crippen molar-refractivity contribution in [3.05, 3.63) is 64.2 Å². The molecular formula is C25H29NO2. The SMILES string of the molecule is CCCCCOC(=O)c1c(C)c(-c2ccc(C)cc2)nc2c(C)cc(C)cc12. The zero-order valence-corrected chi connectivity index (χ0v) is 17.6. The summed E-state index contributed by atoms with van der Waals surface area (Å²) in [6.45, 7) is 10.7. The van der Waals surface area contributed by atoms with Gasteiger partial charge in [0.25, 0.3) is 0 Å². The first-order valence-corrected chi connectivity index (χ1v) is 10.1. The number of rotatable bonds is 6. The van der Waals surface area contributed by atoms with Gasteiger partial charge in [-0.15, -0.1) is 0 Å². The molecule has 0 fully saturated rings. The Morgan fingerprint density at radius 3 is 2.36 bits per heavy atom. The van der Waals surface area contributed by atoms with Gasteiger partial charge in [0.2, 0.25) is 0 Å².